The van der Waals surface area contributed by atoms with Crippen LogP contribution in [0, 0.1) is 5.41 Å². The summed E-state index contributed by atoms with van der Waals surface area (Å²) in [5.74, 6) is 0.103. The van der Waals surface area contributed by atoms with Crippen LogP contribution in [0.2, 0.25) is 0 Å². The highest BCUT2D eigenvalue weighted by molar-refractivity contribution is 7.13. The summed E-state index contributed by atoms with van der Waals surface area (Å²) in [6, 6.07) is 12.1. The molecule has 1 spiro atoms. The van der Waals surface area contributed by atoms with E-state index in [2.05, 4.69) is 11.4 Å². The summed E-state index contributed by atoms with van der Waals surface area (Å²) < 4.78 is 0. The average Bonchev–Trinajstić information content (AvgIpc) is 3.26. The Hall–Kier alpha value is -1.65. The molecular formula is C20H23NO2S. The van der Waals surface area contributed by atoms with Gasteiger partial charge < -0.3 is 10.0 Å². The smallest absolute Gasteiger partial charge is 0.253 e. The van der Waals surface area contributed by atoms with Crippen molar-refractivity contribution in [3.8, 4) is 10.4 Å². The molecule has 2 aliphatic rings. The third-order valence-corrected chi connectivity index (χ3v) is 6.61. The highest BCUT2D eigenvalue weighted by Crippen LogP contribution is 2.45. The number of benzene rings is 1. The molecule has 4 heteroatoms. The fraction of sp³-hybridized carbons (Fsp3) is 0.450. The van der Waals surface area contributed by atoms with E-state index in [9.17, 15) is 9.90 Å². The Morgan fingerprint density at radius 1 is 1.17 bits per heavy atom. The van der Waals surface area contributed by atoms with Crippen LogP contribution in [0.25, 0.3) is 10.4 Å². The van der Waals surface area contributed by atoms with Crippen molar-refractivity contribution >= 4 is 17.2 Å². The van der Waals surface area contributed by atoms with Crippen molar-refractivity contribution < 1.29 is 9.90 Å². The fourth-order valence-corrected chi connectivity index (χ4v) is 5.07. The molecule has 3 nitrogen and oxygen atoms in total. The van der Waals surface area contributed by atoms with Crippen molar-refractivity contribution in [2.75, 3.05) is 13.1 Å². The number of likely N-dealkylation sites (tertiary alicyclic amines) is 1. The lowest BCUT2D eigenvalue weighted by molar-refractivity contribution is -0.00535. The summed E-state index contributed by atoms with van der Waals surface area (Å²) in [5.41, 5.74) is 1.85. The first-order chi connectivity index (χ1) is 11.7. The number of carbonyl (C=O) groups is 1. The second-order valence-corrected chi connectivity index (χ2v) is 8.10. The molecule has 0 radical (unpaired) electrons. The third-order valence-electron chi connectivity index (χ3n) is 5.69. The second-order valence-electron chi connectivity index (χ2n) is 7.16. The summed E-state index contributed by atoms with van der Waals surface area (Å²) in [4.78, 5) is 16.1. The van der Waals surface area contributed by atoms with Crippen molar-refractivity contribution in [3.05, 3.63) is 47.3 Å². The van der Waals surface area contributed by atoms with E-state index < -0.39 is 0 Å². The zero-order valence-electron chi connectivity index (χ0n) is 13.8. The van der Waals surface area contributed by atoms with Gasteiger partial charge in [-0.3, -0.25) is 4.79 Å². The SMILES string of the molecule is O=C(c1ccc(-c2cccs2)cc1)N1CCC[C@@]2(CCC[C@H]2O)C1. The molecule has 1 saturated heterocycles. The molecule has 1 amide bonds. The lowest BCUT2D eigenvalue weighted by atomic mass is 9.76. The summed E-state index contributed by atoms with van der Waals surface area (Å²) in [5, 5.41) is 12.4. The molecule has 1 aliphatic carbocycles. The van der Waals surface area contributed by atoms with Gasteiger partial charge in [0.15, 0.2) is 0 Å². The van der Waals surface area contributed by atoms with Gasteiger partial charge in [-0.05, 0) is 54.8 Å². The van der Waals surface area contributed by atoms with Gasteiger partial charge in [-0.2, -0.15) is 0 Å². The Bertz CT molecular complexity index is 710. The second kappa shape index (κ2) is 6.34. The summed E-state index contributed by atoms with van der Waals surface area (Å²) in [6.45, 7) is 1.51. The molecule has 126 valence electrons. The van der Waals surface area contributed by atoms with E-state index in [1.165, 1.54) is 4.88 Å². The maximum Gasteiger partial charge on any atom is 0.253 e. The van der Waals surface area contributed by atoms with Crippen LogP contribution in [0.15, 0.2) is 41.8 Å². The average molecular weight is 341 g/mol. The van der Waals surface area contributed by atoms with Gasteiger partial charge in [-0.1, -0.05) is 24.6 Å². The molecular weight excluding hydrogens is 318 g/mol. The Labute approximate surface area is 146 Å². The first kappa shape index (κ1) is 15.9. The molecule has 2 fully saturated rings. The third kappa shape index (κ3) is 2.78. The number of piperidine rings is 1. The number of carbonyl (C=O) groups excluding carboxylic acids is 1. The van der Waals surface area contributed by atoms with Gasteiger partial charge in [-0.15, -0.1) is 11.3 Å². The molecule has 2 heterocycles. The van der Waals surface area contributed by atoms with E-state index in [0.29, 0.717) is 6.54 Å². The minimum atomic E-state index is -0.241. The minimum absolute atomic E-state index is 0.0508. The van der Waals surface area contributed by atoms with E-state index in [1.807, 2.05) is 35.2 Å². The van der Waals surface area contributed by atoms with Gasteiger partial charge in [0.05, 0.1) is 6.10 Å². The van der Waals surface area contributed by atoms with Gasteiger partial charge in [-0.25, -0.2) is 0 Å². The first-order valence-corrected chi connectivity index (χ1v) is 9.67. The van der Waals surface area contributed by atoms with Crippen molar-refractivity contribution in [2.45, 2.75) is 38.2 Å². The lowest BCUT2D eigenvalue weighted by Crippen LogP contribution is -2.49. The zero-order valence-corrected chi connectivity index (χ0v) is 14.6. The molecule has 1 aromatic heterocycles. The number of thiophene rings is 1. The topological polar surface area (TPSA) is 40.5 Å². The molecule has 2 aromatic rings. The van der Waals surface area contributed by atoms with E-state index in [-0.39, 0.29) is 17.4 Å². The number of nitrogens with zero attached hydrogens (tertiary/aromatic N) is 1. The number of hydrogen-bond acceptors (Lipinski definition) is 3. The van der Waals surface area contributed by atoms with Crippen LogP contribution < -0.4 is 0 Å². The molecule has 1 N–H and O–H groups in total. The lowest BCUT2D eigenvalue weighted by Gasteiger charge is -2.42. The van der Waals surface area contributed by atoms with Crippen LogP contribution in [0.3, 0.4) is 0 Å². The van der Waals surface area contributed by atoms with E-state index in [1.54, 1.807) is 11.3 Å². The number of rotatable bonds is 2. The van der Waals surface area contributed by atoms with Crippen LogP contribution in [0.5, 0.6) is 0 Å². The molecule has 1 aromatic carbocycles. The minimum Gasteiger partial charge on any atom is -0.392 e. The highest BCUT2D eigenvalue weighted by atomic mass is 32.1. The monoisotopic (exact) mass is 341 g/mol. The van der Waals surface area contributed by atoms with E-state index in [4.69, 9.17) is 0 Å². The molecule has 1 aliphatic heterocycles. The molecule has 0 unspecified atom stereocenters. The highest BCUT2D eigenvalue weighted by Gasteiger charge is 2.45. The largest absolute Gasteiger partial charge is 0.392 e. The van der Waals surface area contributed by atoms with E-state index in [0.717, 1.165) is 49.8 Å². The number of aliphatic hydroxyl groups is 1. The maximum atomic E-state index is 12.9. The van der Waals surface area contributed by atoms with Gasteiger partial charge in [0.2, 0.25) is 0 Å². The first-order valence-electron chi connectivity index (χ1n) is 8.79. The van der Waals surface area contributed by atoms with E-state index >= 15 is 0 Å². The van der Waals surface area contributed by atoms with Crippen LogP contribution in [0.1, 0.15) is 42.5 Å². The molecule has 24 heavy (non-hydrogen) atoms. The van der Waals surface area contributed by atoms with Crippen molar-refractivity contribution in [2.24, 2.45) is 5.41 Å². The van der Waals surface area contributed by atoms with Crippen LogP contribution in [-0.4, -0.2) is 35.1 Å². The molecule has 2 atom stereocenters. The standard InChI is InChI=1S/C20H23NO2S/c22-18-5-1-10-20(18)11-3-12-21(14-20)19(23)16-8-6-15(7-9-16)17-4-2-13-24-17/h2,4,6-9,13,18,22H,1,3,5,10-12,14H2/t18-,20+/m1/s1. The predicted molar refractivity (Wildman–Crippen MR) is 97.2 cm³/mol. The van der Waals surface area contributed by atoms with Gasteiger partial charge in [0.25, 0.3) is 5.91 Å². The van der Waals surface area contributed by atoms with Crippen molar-refractivity contribution in [1.82, 2.24) is 4.90 Å². The van der Waals surface area contributed by atoms with Crippen molar-refractivity contribution in [3.63, 3.8) is 0 Å². The number of hydrogen-bond donors (Lipinski definition) is 1. The summed E-state index contributed by atoms with van der Waals surface area (Å²) in [6.07, 6.45) is 4.82. The Morgan fingerprint density at radius 3 is 2.62 bits per heavy atom. The van der Waals surface area contributed by atoms with Crippen LogP contribution >= 0.6 is 11.3 Å². The Morgan fingerprint density at radius 2 is 1.96 bits per heavy atom. The van der Waals surface area contributed by atoms with Crippen LogP contribution in [-0.2, 0) is 0 Å². The fourth-order valence-electron chi connectivity index (χ4n) is 4.33. The number of aliphatic hydroxyl groups excluding tert-OH is 1. The molecule has 1 saturated carbocycles. The predicted octanol–water partition coefficient (Wildman–Crippen LogP) is 4.18. The Balaban J connectivity index is 1.51. The summed E-state index contributed by atoms with van der Waals surface area (Å²) in [7, 11) is 0. The quantitative estimate of drug-likeness (QED) is 0.890. The zero-order chi connectivity index (χ0) is 16.6. The maximum absolute atomic E-state index is 12.9. The summed E-state index contributed by atoms with van der Waals surface area (Å²) >= 11 is 1.71. The van der Waals surface area contributed by atoms with Gasteiger partial charge in [0, 0.05) is 28.9 Å². The van der Waals surface area contributed by atoms with Gasteiger partial charge in [0.1, 0.15) is 0 Å². The van der Waals surface area contributed by atoms with Crippen LogP contribution in [0.4, 0.5) is 0 Å². The normalized spacial score (nSPS) is 26.9. The van der Waals surface area contributed by atoms with Crippen molar-refractivity contribution in [1.29, 1.82) is 0 Å². The Kier molecular flexibility index (Phi) is 4.19. The number of amides is 1. The molecule has 4 rings (SSSR count). The molecule has 0 bridgehead atoms. The van der Waals surface area contributed by atoms with Gasteiger partial charge >= 0.3 is 0 Å².